The van der Waals surface area contributed by atoms with Crippen LogP contribution < -0.4 is 4.90 Å². The third-order valence-corrected chi connectivity index (χ3v) is 3.65. The summed E-state index contributed by atoms with van der Waals surface area (Å²) in [6, 6.07) is 4.44. The molecular weight excluding hydrogens is 328 g/mol. The molecule has 0 heterocycles. The summed E-state index contributed by atoms with van der Waals surface area (Å²) in [5.74, 6) is -1.50. The van der Waals surface area contributed by atoms with Gasteiger partial charge in [0.1, 0.15) is 6.61 Å². The third kappa shape index (κ3) is 6.50. The van der Waals surface area contributed by atoms with Crippen LogP contribution >= 0.6 is 0 Å². The van der Waals surface area contributed by atoms with Crippen LogP contribution in [0.15, 0.2) is 18.2 Å². The standard InChI is InChI=1S/C17H24N2O6/c1-3-5-10-25-12-16(20)18(4-2)15-11-13(8-9-19(23)24)6-7-14(15)17(21)22/h6-7,11H,3-5,8-10,12H2,1-2H3,(H,21,22). The Labute approximate surface area is 146 Å². The van der Waals surface area contributed by atoms with Gasteiger partial charge in [-0.25, -0.2) is 4.79 Å². The van der Waals surface area contributed by atoms with Crippen molar-refractivity contribution in [1.82, 2.24) is 0 Å². The summed E-state index contributed by atoms with van der Waals surface area (Å²) in [6.45, 7) is 4.10. The van der Waals surface area contributed by atoms with E-state index in [2.05, 4.69) is 0 Å². The van der Waals surface area contributed by atoms with E-state index in [0.717, 1.165) is 12.8 Å². The zero-order valence-electron chi connectivity index (χ0n) is 14.6. The number of unbranched alkanes of at least 4 members (excludes halogenated alkanes) is 1. The monoisotopic (exact) mass is 352 g/mol. The van der Waals surface area contributed by atoms with E-state index in [0.29, 0.717) is 12.2 Å². The van der Waals surface area contributed by atoms with Crippen LogP contribution in [0.2, 0.25) is 0 Å². The molecule has 0 aliphatic heterocycles. The zero-order chi connectivity index (χ0) is 18.8. The van der Waals surface area contributed by atoms with Crippen molar-refractivity contribution in [2.45, 2.75) is 33.1 Å². The molecule has 0 spiro atoms. The summed E-state index contributed by atoms with van der Waals surface area (Å²) in [6.07, 6.45) is 1.96. The highest BCUT2D eigenvalue weighted by Gasteiger charge is 2.21. The van der Waals surface area contributed by atoms with Gasteiger partial charge in [-0.2, -0.15) is 0 Å². The lowest BCUT2D eigenvalue weighted by Gasteiger charge is -2.23. The second-order valence-electron chi connectivity index (χ2n) is 5.51. The Morgan fingerprint density at radius 2 is 2.04 bits per heavy atom. The van der Waals surface area contributed by atoms with Crippen LogP contribution in [0.5, 0.6) is 0 Å². The number of hydrogen-bond donors (Lipinski definition) is 1. The van der Waals surface area contributed by atoms with Gasteiger partial charge in [-0.15, -0.1) is 0 Å². The van der Waals surface area contributed by atoms with Crippen molar-refractivity contribution < 1.29 is 24.4 Å². The lowest BCUT2D eigenvalue weighted by molar-refractivity contribution is -0.479. The molecule has 0 saturated heterocycles. The predicted octanol–water partition coefficient (Wildman–Crippen LogP) is 2.37. The normalized spacial score (nSPS) is 10.5. The number of likely N-dealkylation sites (N-methyl/N-ethyl adjacent to an activating group) is 1. The average molecular weight is 352 g/mol. The van der Waals surface area contributed by atoms with Crippen LogP contribution in [-0.2, 0) is 16.0 Å². The second-order valence-corrected chi connectivity index (χ2v) is 5.51. The van der Waals surface area contributed by atoms with Crippen LogP contribution in [0.25, 0.3) is 0 Å². The van der Waals surface area contributed by atoms with Gasteiger partial charge in [-0.3, -0.25) is 14.9 Å². The van der Waals surface area contributed by atoms with Crippen LogP contribution in [-0.4, -0.2) is 48.2 Å². The maximum atomic E-state index is 12.4. The summed E-state index contributed by atoms with van der Waals surface area (Å²) in [7, 11) is 0. The number of anilines is 1. The summed E-state index contributed by atoms with van der Waals surface area (Å²) in [5.41, 5.74) is 0.823. The first-order chi connectivity index (χ1) is 11.9. The van der Waals surface area contributed by atoms with E-state index in [1.807, 2.05) is 6.92 Å². The molecule has 138 valence electrons. The van der Waals surface area contributed by atoms with E-state index in [1.54, 1.807) is 6.92 Å². The molecule has 25 heavy (non-hydrogen) atoms. The molecule has 0 unspecified atom stereocenters. The van der Waals surface area contributed by atoms with Crippen molar-refractivity contribution in [2.75, 3.05) is 31.2 Å². The van der Waals surface area contributed by atoms with Gasteiger partial charge in [-0.1, -0.05) is 19.4 Å². The number of carboxylic acids is 1. The van der Waals surface area contributed by atoms with Gasteiger partial charge >= 0.3 is 5.97 Å². The number of nitrogens with zero attached hydrogens (tertiary/aromatic N) is 2. The second kappa shape index (κ2) is 10.4. The largest absolute Gasteiger partial charge is 0.478 e. The molecule has 0 aliphatic carbocycles. The van der Waals surface area contributed by atoms with Crippen LogP contribution in [0.4, 0.5) is 5.69 Å². The molecule has 0 aliphatic rings. The minimum Gasteiger partial charge on any atom is -0.478 e. The molecule has 0 bridgehead atoms. The fraction of sp³-hybridized carbons (Fsp3) is 0.529. The number of nitro groups is 1. The molecule has 0 radical (unpaired) electrons. The maximum Gasteiger partial charge on any atom is 0.337 e. The minimum absolute atomic E-state index is 0.0198. The Morgan fingerprint density at radius 3 is 2.60 bits per heavy atom. The molecule has 1 aromatic rings. The fourth-order valence-electron chi connectivity index (χ4n) is 2.32. The number of carbonyl (C=O) groups is 2. The number of benzene rings is 1. The first-order valence-corrected chi connectivity index (χ1v) is 8.26. The van der Waals surface area contributed by atoms with Gasteiger partial charge in [0.15, 0.2) is 0 Å². The molecule has 8 nitrogen and oxygen atoms in total. The Bertz CT molecular complexity index is 617. The third-order valence-electron chi connectivity index (χ3n) is 3.65. The summed E-state index contributed by atoms with van der Waals surface area (Å²) in [4.78, 5) is 35.3. The van der Waals surface area contributed by atoms with Crippen molar-refractivity contribution in [3.63, 3.8) is 0 Å². The minimum atomic E-state index is -1.16. The first kappa shape index (κ1) is 20.6. The smallest absolute Gasteiger partial charge is 0.337 e. The van der Waals surface area contributed by atoms with Gasteiger partial charge in [-0.05, 0) is 31.0 Å². The predicted molar refractivity (Wildman–Crippen MR) is 92.7 cm³/mol. The molecule has 0 saturated carbocycles. The Hall–Kier alpha value is -2.48. The van der Waals surface area contributed by atoms with Crippen molar-refractivity contribution >= 4 is 17.6 Å². The number of rotatable bonds is 11. The molecule has 0 atom stereocenters. The first-order valence-electron chi connectivity index (χ1n) is 8.26. The molecule has 1 amide bonds. The lowest BCUT2D eigenvalue weighted by Crippen LogP contribution is -2.35. The number of hydrogen-bond acceptors (Lipinski definition) is 5. The summed E-state index contributed by atoms with van der Waals surface area (Å²) >= 11 is 0. The molecular formula is C17H24N2O6. The van der Waals surface area contributed by atoms with Gasteiger partial charge in [0.2, 0.25) is 6.54 Å². The fourth-order valence-corrected chi connectivity index (χ4v) is 2.32. The number of ether oxygens (including phenoxy) is 1. The molecule has 8 heteroatoms. The van der Waals surface area contributed by atoms with Crippen molar-refractivity contribution in [1.29, 1.82) is 0 Å². The molecule has 1 N–H and O–H groups in total. The number of aromatic carboxylic acids is 1. The number of amides is 1. The quantitative estimate of drug-likeness (QED) is 0.372. The highest BCUT2D eigenvalue weighted by Crippen LogP contribution is 2.23. The zero-order valence-corrected chi connectivity index (χ0v) is 14.6. The summed E-state index contributed by atoms with van der Waals surface area (Å²) in [5, 5.41) is 19.9. The summed E-state index contributed by atoms with van der Waals surface area (Å²) < 4.78 is 5.32. The Balaban J connectivity index is 3.01. The van der Waals surface area contributed by atoms with Crippen LogP contribution in [0.3, 0.4) is 0 Å². The highest BCUT2D eigenvalue weighted by atomic mass is 16.6. The van der Waals surface area contributed by atoms with E-state index in [1.165, 1.54) is 23.1 Å². The van der Waals surface area contributed by atoms with E-state index in [9.17, 15) is 24.8 Å². The van der Waals surface area contributed by atoms with Crippen LogP contribution in [0, 0.1) is 10.1 Å². The van der Waals surface area contributed by atoms with Gasteiger partial charge < -0.3 is 14.7 Å². The Kier molecular flexibility index (Phi) is 8.55. The Morgan fingerprint density at radius 1 is 1.32 bits per heavy atom. The molecule has 1 aromatic carbocycles. The topological polar surface area (TPSA) is 110 Å². The average Bonchev–Trinajstić information content (AvgIpc) is 2.57. The molecule has 0 fully saturated rings. The van der Waals surface area contributed by atoms with Gasteiger partial charge in [0.25, 0.3) is 5.91 Å². The van der Waals surface area contributed by atoms with E-state index < -0.39 is 10.9 Å². The number of carbonyl (C=O) groups excluding carboxylic acids is 1. The van der Waals surface area contributed by atoms with E-state index in [-0.39, 0.29) is 43.3 Å². The highest BCUT2D eigenvalue weighted by molar-refractivity contribution is 6.02. The van der Waals surface area contributed by atoms with E-state index >= 15 is 0 Å². The van der Waals surface area contributed by atoms with Gasteiger partial charge in [0.05, 0.1) is 11.3 Å². The maximum absolute atomic E-state index is 12.4. The van der Waals surface area contributed by atoms with Crippen molar-refractivity contribution in [3.05, 3.63) is 39.4 Å². The molecule has 0 aromatic heterocycles. The van der Waals surface area contributed by atoms with Gasteiger partial charge in [0, 0.05) is 24.5 Å². The van der Waals surface area contributed by atoms with Crippen molar-refractivity contribution in [3.8, 4) is 0 Å². The lowest BCUT2D eigenvalue weighted by atomic mass is 10.1. The SMILES string of the molecule is CCCCOCC(=O)N(CC)c1cc(CC[N+](=O)[O-])ccc1C(=O)O. The number of carboxylic acid groups (broad SMARTS) is 1. The molecule has 1 rings (SSSR count). The van der Waals surface area contributed by atoms with E-state index in [4.69, 9.17) is 4.74 Å². The van der Waals surface area contributed by atoms with Crippen molar-refractivity contribution in [2.24, 2.45) is 0 Å². The van der Waals surface area contributed by atoms with Crippen LogP contribution in [0.1, 0.15) is 42.6 Å².